The molecule has 0 radical (unpaired) electrons. The van der Waals surface area contributed by atoms with Crippen molar-refractivity contribution in [3.8, 4) is 5.75 Å². The Morgan fingerprint density at radius 2 is 1.60 bits per heavy atom. The highest BCUT2D eigenvalue weighted by atomic mass is 16.3. The number of rotatable bonds is 3. The van der Waals surface area contributed by atoms with Gasteiger partial charge in [0.25, 0.3) is 0 Å². The molecule has 0 bridgehead atoms. The molecule has 2 rings (SSSR count). The predicted molar refractivity (Wildman–Crippen MR) is 86.0 cm³/mol. The summed E-state index contributed by atoms with van der Waals surface area (Å²) >= 11 is 0. The van der Waals surface area contributed by atoms with Gasteiger partial charge in [0.05, 0.1) is 0 Å². The molecule has 0 aliphatic carbocycles. The fourth-order valence-electron chi connectivity index (χ4n) is 2.10. The Labute approximate surface area is 121 Å². The van der Waals surface area contributed by atoms with Crippen LogP contribution in [-0.4, -0.2) is 5.11 Å². The van der Waals surface area contributed by atoms with Gasteiger partial charge in [-0.15, -0.1) is 0 Å². The topological polar surface area (TPSA) is 20.2 Å². The van der Waals surface area contributed by atoms with Crippen molar-refractivity contribution in [3.05, 3.63) is 71.3 Å². The normalized spacial score (nSPS) is 11.9. The highest BCUT2D eigenvalue weighted by molar-refractivity contribution is 5.51. The van der Waals surface area contributed by atoms with E-state index in [1.807, 2.05) is 18.2 Å². The lowest BCUT2D eigenvalue weighted by molar-refractivity contribution is 0.470. The first kappa shape index (κ1) is 14.4. The summed E-state index contributed by atoms with van der Waals surface area (Å²) in [5, 5.41) is 9.70. The van der Waals surface area contributed by atoms with Gasteiger partial charge in [-0.2, -0.15) is 0 Å². The van der Waals surface area contributed by atoms with Gasteiger partial charge in [-0.25, -0.2) is 0 Å². The summed E-state index contributed by atoms with van der Waals surface area (Å²) in [6.07, 6.45) is 4.92. The van der Waals surface area contributed by atoms with E-state index < -0.39 is 0 Å². The second-order valence-electron chi connectivity index (χ2n) is 6.11. The molecule has 0 amide bonds. The quantitative estimate of drug-likeness (QED) is 0.833. The van der Waals surface area contributed by atoms with Crippen molar-refractivity contribution in [1.82, 2.24) is 0 Å². The van der Waals surface area contributed by atoms with Gasteiger partial charge in [-0.05, 0) is 34.6 Å². The second-order valence-corrected chi connectivity index (χ2v) is 6.11. The molecule has 104 valence electrons. The number of para-hydroxylation sites is 1. The first-order valence-corrected chi connectivity index (χ1v) is 7.01. The lowest BCUT2D eigenvalue weighted by atomic mass is 9.87. The molecular formula is C19H22O. The standard InChI is InChI=1S/C19H22O/c1-19(2,3)17-13-11-15(12-14-17)7-6-9-16-8-4-5-10-18(16)20/h4-8,10-14,20H,9H2,1-3H3. The molecular weight excluding hydrogens is 244 g/mol. The summed E-state index contributed by atoms with van der Waals surface area (Å²) in [7, 11) is 0. The number of benzene rings is 2. The average Bonchev–Trinajstić information content (AvgIpc) is 2.40. The molecule has 0 aliphatic heterocycles. The van der Waals surface area contributed by atoms with Crippen molar-refractivity contribution in [3.63, 3.8) is 0 Å². The lowest BCUT2D eigenvalue weighted by Crippen LogP contribution is -2.10. The number of hydrogen-bond donors (Lipinski definition) is 1. The van der Waals surface area contributed by atoms with Crippen molar-refractivity contribution < 1.29 is 5.11 Å². The fraction of sp³-hybridized carbons (Fsp3) is 0.263. The Morgan fingerprint density at radius 1 is 0.950 bits per heavy atom. The van der Waals surface area contributed by atoms with Crippen LogP contribution in [0.2, 0.25) is 0 Å². The van der Waals surface area contributed by atoms with Crippen LogP contribution in [0.1, 0.15) is 37.5 Å². The first-order valence-electron chi connectivity index (χ1n) is 7.01. The molecule has 0 unspecified atom stereocenters. The summed E-state index contributed by atoms with van der Waals surface area (Å²) in [5.74, 6) is 0.361. The van der Waals surface area contributed by atoms with Crippen LogP contribution < -0.4 is 0 Å². The maximum Gasteiger partial charge on any atom is 0.119 e. The minimum Gasteiger partial charge on any atom is -0.508 e. The van der Waals surface area contributed by atoms with Crippen molar-refractivity contribution in [2.45, 2.75) is 32.6 Å². The summed E-state index contributed by atoms with van der Waals surface area (Å²) < 4.78 is 0. The minimum atomic E-state index is 0.193. The lowest BCUT2D eigenvalue weighted by Gasteiger charge is -2.18. The largest absolute Gasteiger partial charge is 0.508 e. The molecule has 0 saturated carbocycles. The zero-order chi connectivity index (χ0) is 14.6. The number of hydrogen-bond acceptors (Lipinski definition) is 1. The predicted octanol–water partition coefficient (Wildman–Crippen LogP) is 4.95. The Bertz CT molecular complexity index is 586. The number of phenols is 1. The number of phenolic OH excluding ortho intramolecular Hbond substituents is 1. The third-order valence-electron chi connectivity index (χ3n) is 3.42. The third kappa shape index (κ3) is 3.74. The van der Waals surface area contributed by atoms with Crippen molar-refractivity contribution >= 4 is 6.08 Å². The summed E-state index contributed by atoms with van der Waals surface area (Å²) in [6.45, 7) is 6.65. The Balaban J connectivity index is 2.04. The van der Waals surface area contributed by atoms with Crippen LogP contribution >= 0.6 is 0 Å². The van der Waals surface area contributed by atoms with Gasteiger partial charge < -0.3 is 5.11 Å². The van der Waals surface area contributed by atoms with E-state index in [2.05, 4.69) is 57.2 Å². The van der Waals surface area contributed by atoms with Gasteiger partial charge in [0.2, 0.25) is 0 Å². The van der Waals surface area contributed by atoms with Crippen LogP contribution in [0.3, 0.4) is 0 Å². The highest BCUT2D eigenvalue weighted by Gasteiger charge is 2.12. The van der Waals surface area contributed by atoms with Gasteiger partial charge in [0, 0.05) is 0 Å². The van der Waals surface area contributed by atoms with Gasteiger partial charge in [0.15, 0.2) is 0 Å². The maximum atomic E-state index is 9.70. The van der Waals surface area contributed by atoms with Crippen LogP contribution in [0.25, 0.3) is 6.08 Å². The van der Waals surface area contributed by atoms with Crippen LogP contribution in [0, 0.1) is 0 Å². The van der Waals surface area contributed by atoms with E-state index in [1.165, 1.54) is 11.1 Å². The van der Waals surface area contributed by atoms with E-state index in [9.17, 15) is 5.11 Å². The third-order valence-corrected chi connectivity index (χ3v) is 3.42. The summed E-state index contributed by atoms with van der Waals surface area (Å²) in [5.41, 5.74) is 3.68. The van der Waals surface area contributed by atoms with Gasteiger partial charge >= 0.3 is 0 Å². The fourth-order valence-corrected chi connectivity index (χ4v) is 2.10. The second kappa shape index (κ2) is 5.96. The smallest absolute Gasteiger partial charge is 0.119 e. The molecule has 2 aromatic carbocycles. The molecule has 0 aliphatic rings. The van der Waals surface area contributed by atoms with Crippen molar-refractivity contribution in [1.29, 1.82) is 0 Å². The first-order chi connectivity index (χ1) is 9.47. The molecule has 1 heteroatoms. The number of allylic oxidation sites excluding steroid dienone is 1. The maximum absolute atomic E-state index is 9.70. The molecule has 0 atom stereocenters. The molecule has 0 heterocycles. The Morgan fingerprint density at radius 3 is 2.20 bits per heavy atom. The molecule has 0 fully saturated rings. The van der Waals surface area contributed by atoms with Gasteiger partial charge in [-0.3, -0.25) is 0 Å². The monoisotopic (exact) mass is 266 g/mol. The van der Waals surface area contributed by atoms with Crippen molar-refractivity contribution in [2.24, 2.45) is 0 Å². The molecule has 20 heavy (non-hydrogen) atoms. The molecule has 0 aromatic heterocycles. The molecule has 1 N–H and O–H groups in total. The van der Waals surface area contributed by atoms with E-state index >= 15 is 0 Å². The van der Waals surface area contributed by atoms with E-state index in [0.717, 1.165) is 12.0 Å². The van der Waals surface area contributed by atoms with E-state index in [-0.39, 0.29) is 5.41 Å². The number of aromatic hydroxyl groups is 1. The molecule has 1 nitrogen and oxygen atoms in total. The van der Waals surface area contributed by atoms with Gasteiger partial charge in [-0.1, -0.05) is 75.4 Å². The van der Waals surface area contributed by atoms with E-state index in [0.29, 0.717) is 5.75 Å². The Kier molecular flexibility index (Phi) is 4.29. The minimum absolute atomic E-state index is 0.193. The van der Waals surface area contributed by atoms with Crippen LogP contribution in [-0.2, 0) is 11.8 Å². The highest BCUT2D eigenvalue weighted by Crippen LogP contribution is 2.22. The zero-order valence-electron chi connectivity index (χ0n) is 12.4. The van der Waals surface area contributed by atoms with E-state index in [1.54, 1.807) is 6.07 Å². The van der Waals surface area contributed by atoms with Gasteiger partial charge in [0.1, 0.15) is 5.75 Å². The molecule has 0 spiro atoms. The van der Waals surface area contributed by atoms with Crippen LogP contribution in [0.15, 0.2) is 54.6 Å². The Hall–Kier alpha value is -2.02. The van der Waals surface area contributed by atoms with Crippen LogP contribution in [0.4, 0.5) is 0 Å². The van der Waals surface area contributed by atoms with Crippen LogP contribution in [0.5, 0.6) is 5.75 Å². The van der Waals surface area contributed by atoms with Crippen molar-refractivity contribution in [2.75, 3.05) is 0 Å². The summed E-state index contributed by atoms with van der Waals surface area (Å²) in [6, 6.07) is 16.1. The summed E-state index contributed by atoms with van der Waals surface area (Å²) in [4.78, 5) is 0. The zero-order valence-corrected chi connectivity index (χ0v) is 12.4. The van der Waals surface area contributed by atoms with E-state index in [4.69, 9.17) is 0 Å². The molecule has 0 saturated heterocycles. The SMILES string of the molecule is CC(C)(C)c1ccc(C=CCc2ccccc2O)cc1. The average molecular weight is 266 g/mol. The molecule has 2 aromatic rings.